The molecule has 0 atom stereocenters. The van der Waals surface area contributed by atoms with E-state index in [4.69, 9.17) is 15.8 Å². The number of nitriles is 1. The fraction of sp³-hybridized carbons (Fsp3) is 0.0833. The Hall–Kier alpha value is -3.60. The molecule has 0 heterocycles. The number of carbonyl (C=O) groups excluding carboxylic acids is 1. The van der Waals surface area contributed by atoms with E-state index >= 15 is 0 Å². The van der Waals surface area contributed by atoms with Crippen molar-refractivity contribution in [3.05, 3.63) is 94.0 Å². The summed E-state index contributed by atoms with van der Waals surface area (Å²) in [5.74, 6) is -0.629. The molecule has 0 spiro atoms. The van der Waals surface area contributed by atoms with Crippen molar-refractivity contribution in [3.63, 3.8) is 0 Å². The van der Waals surface area contributed by atoms with E-state index in [2.05, 4.69) is 5.32 Å². The molecule has 0 bridgehead atoms. The molecule has 1 amide bonds. The van der Waals surface area contributed by atoms with E-state index in [0.29, 0.717) is 11.3 Å². The summed E-state index contributed by atoms with van der Waals surface area (Å²) in [6.45, 7) is 3.80. The van der Waals surface area contributed by atoms with Crippen LogP contribution >= 0.6 is 11.6 Å². The quantitative estimate of drug-likeness (QED) is 0.303. The fourth-order valence-corrected chi connectivity index (χ4v) is 4.06. The van der Waals surface area contributed by atoms with Crippen molar-refractivity contribution >= 4 is 39.4 Å². The summed E-state index contributed by atoms with van der Waals surface area (Å²) in [5.41, 5.74) is 2.84. The monoisotopic (exact) mass is 466 g/mol. The predicted octanol–water partition coefficient (Wildman–Crippen LogP) is 5.27. The molecule has 0 saturated carbocycles. The number of carbonyl (C=O) groups is 1. The highest BCUT2D eigenvalue weighted by Gasteiger charge is 2.18. The van der Waals surface area contributed by atoms with Crippen LogP contribution in [0.1, 0.15) is 16.7 Å². The van der Waals surface area contributed by atoms with Crippen LogP contribution in [0.3, 0.4) is 0 Å². The molecule has 3 aromatic carbocycles. The van der Waals surface area contributed by atoms with Gasteiger partial charge in [0.05, 0.1) is 5.02 Å². The first-order valence-corrected chi connectivity index (χ1v) is 11.3. The van der Waals surface area contributed by atoms with Gasteiger partial charge in [-0.05, 0) is 66.9 Å². The average Bonchev–Trinajstić information content (AvgIpc) is 2.77. The van der Waals surface area contributed by atoms with Gasteiger partial charge >= 0.3 is 10.1 Å². The molecule has 0 fully saturated rings. The molecule has 0 radical (unpaired) electrons. The van der Waals surface area contributed by atoms with Crippen molar-refractivity contribution in [2.45, 2.75) is 18.7 Å². The molecule has 3 aromatic rings. The molecule has 32 heavy (non-hydrogen) atoms. The molecule has 1 N–H and O–H groups in total. The lowest BCUT2D eigenvalue weighted by Gasteiger charge is -2.10. The molecular weight excluding hydrogens is 448 g/mol. The molecule has 162 valence electrons. The first-order chi connectivity index (χ1) is 15.2. The fourth-order valence-electron chi connectivity index (χ4n) is 2.82. The lowest BCUT2D eigenvalue weighted by molar-refractivity contribution is -0.112. The van der Waals surface area contributed by atoms with Crippen LogP contribution in [-0.4, -0.2) is 14.3 Å². The van der Waals surface area contributed by atoms with E-state index in [1.807, 2.05) is 32.0 Å². The second-order valence-corrected chi connectivity index (χ2v) is 8.87. The zero-order chi connectivity index (χ0) is 23.3. The number of nitrogens with zero attached hydrogens (tertiary/aromatic N) is 1. The van der Waals surface area contributed by atoms with Crippen molar-refractivity contribution in [1.82, 2.24) is 0 Å². The molecule has 0 aromatic heterocycles. The van der Waals surface area contributed by atoms with Crippen molar-refractivity contribution in [1.29, 1.82) is 5.26 Å². The maximum absolute atomic E-state index is 12.6. The highest BCUT2D eigenvalue weighted by Crippen LogP contribution is 2.29. The number of amides is 1. The Morgan fingerprint density at radius 2 is 1.78 bits per heavy atom. The van der Waals surface area contributed by atoms with Gasteiger partial charge in [0.15, 0.2) is 5.75 Å². The maximum Gasteiger partial charge on any atom is 0.339 e. The van der Waals surface area contributed by atoms with Crippen LogP contribution in [0.4, 0.5) is 5.69 Å². The first-order valence-electron chi connectivity index (χ1n) is 9.50. The zero-order valence-electron chi connectivity index (χ0n) is 17.3. The summed E-state index contributed by atoms with van der Waals surface area (Å²) in [4.78, 5) is 12.6. The number of anilines is 1. The third-order valence-corrected chi connectivity index (χ3v) is 6.26. The van der Waals surface area contributed by atoms with Gasteiger partial charge in [0, 0.05) is 5.69 Å². The Balaban J connectivity index is 1.82. The summed E-state index contributed by atoms with van der Waals surface area (Å²) in [6, 6.07) is 19.3. The van der Waals surface area contributed by atoms with E-state index < -0.39 is 16.0 Å². The van der Waals surface area contributed by atoms with Gasteiger partial charge in [-0.25, -0.2) is 0 Å². The van der Waals surface area contributed by atoms with Crippen LogP contribution in [0.25, 0.3) is 6.08 Å². The van der Waals surface area contributed by atoms with Gasteiger partial charge in [0.2, 0.25) is 0 Å². The van der Waals surface area contributed by atoms with E-state index in [0.717, 1.165) is 11.1 Å². The minimum absolute atomic E-state index is 0.00470. The SMILES string of the molecule is Cc1cccc(NC(=O)/C(C#N)=C/c2ccc(OS(=O)(=O)c3ccccc3)c(Cl)c2)c1C. The number of halogens is 1. The number of hydrogen-bond acceptors (Lipinski definition) is 5. The predicted molar refractivity (Wildman–Crippen MR) is 124 cm³/mol. The number of rotatable bonds is 6. The third-order valence-electron chi connectivity index (χ3n) is 4.72. The summed E-state index contributed by atoms with van der Waals surface area (Å²) in [5, 5.41) is 12.2. The van der Waals surface area contributed by atoms with Crippen LogP contribution in [-0.2, 0) is 14.9 Å². The van der Waals surface area contributed by atoms with Crippen molar-refractivity contribution in [2.24, 2.45) is 0 Å². The largest absolute Gasteiger partial charge is 0.377 e. The smallest absolute Gasteiger partial charge is 0.339 e. The molecule has 0 aliphatic rings. The Labute approximate surface area is 191 Å². The third kappa shape index (κ3) is 5.35. The topological polar surface area (TPSA) is 96.3 Å². The van der Waals surface area contributed by atoms with Gasteiger partial charge in [-0.2, -0.15) is 13.7 Å². The number of aryl methyl sites for hydroxylation is 1. The van der Waals surface area contributed by atoms with Gasteiger partial charge in [-0.3, -0.25) is 4.79 Å². The normalized spacial score (nSPS) is 11.5. The van der Waals surface area contributed by atoms with Gasteiger partial charge < -0.3 is 9.50 Å². The average molecular weight is 467 g/mol. The van der Waals surface area contributed by atoms with Crippen molar-refractivity contribution < 1.29 is 17.4 Å². The minimum atomic E-state index is -4.05. The van der Waals surface area contributed by atoms with Gasteiger partial charge in [-0.1, -0.05) is 48.0 Å². The van der Waals surface area contributed by atoms with Crippen molar-refractivity contribution in [2.75, 3.05) is 5.32 Å². The van der Waals surface area contributed by atoms with E-state index in [9.17, 15) is 18.5 Å². The van der Waals surface area contributed by atoms with Gasteiger partial charge in [0.25, 0.3) is 5.91 Å². The molecule has 3 rings (SSSR count). The van der Waals surface area contributed by atoms with E-state index in [1.165, 1.54) is 36.4 Å². The molecular formula is C24H19ClN2O4S. The number of nitrogens with one attached hydrogen (secondary N) is 1. The second-order valence-electron chi connectivity index (χ2n) is 6.91. The number of hydrogen-bond donors (Lipinski definition) is 1. The van der Waals surface area contributed by atoms with Gasteiger partial charge in [-0.15, -0.1) is 0 Å². The second kappa shape index (κ2) is 9.69. The molecule has 0 saturated heterocycles. The lowest BCUT2D eigenvalue weighted by atomic mass is 10.1. The Morgan fingerprint density at radius 1 is 1.06 bits per heavy atom. The van der Waals surface area contributed by atoms with Gasteiger partial charge in [0.1, 0.15) is 16.5 Å². The Morgan fingerprint density at radius 3 is 2.44 bits per heavy atom. The van der Waals surface area contributed by atoms with E-state index in [1.54, 1.807) is 24.3 Å². The standard InChI is InChI=1S/C24H19ClN2O4S/c1-16-7-6-10-22(17(16)2)27-24(28)19(15-26)13-18-11-12-23(21(25)14-18)31-32(29,30)20-8-4-3-5-9-20/h3-14H,1-2H3,(H,27,28)/b19-13+. The molecule has 6 nitrogen and oxygen atoms in total. The maximum atomic E-state index is 12.6. The molecule has 0 unspecified atom stereocenters. The molecule has 0 aliphatic carbocycles. The van der Waals surface area contributed by atoms with Crippen LogP contribution in [0.15, 0.2) is 77.2 Å². The summed E-state index contributed by atoms with van der Waals surface area (Å²) in [7, 11) is -4.05. The molecule has 8 heteroatoms. The zero-order valence-corrected chi connectivity index (χ0v) is 18.9. The highest BCUT2D eigenvalue weighted by molar-refractivity contribution is 7.87. The number of benzene rings is 3. The van der Waals surface area contributed by atoms with Crippen LogP contribution in [0, 0.1) is 25.2 Å². The van der Waals surface area contributed by atoms with Crippen LogP contribution in [0.5, 0.6) is 5.75 Å². The first kappa shape index (κ1) is 23.1. The van der Waals surface area contributed by atoms with Crippen LogP contribution < -0.4 is 9.50 Å². The summed E-state index contributed by atoms with van der Waals surface area (Å²) in [6.07, 6.45) is 1.36. The summed E-state index contributed by atoms with van der Waals surface area (Å²) < 4.78 is 29.9. The van der Waals surface area contributed by atoms with E-state index in [-0.39, 0.29) is 21.2 Å². The molecule has 0 aliphatic heterocycles. The Kier molecular flexibility index (Phi) is 6.98. The summed E-state index contributed by atoms with van der Waals surface area (Å²) >= 11 is 6.19. The van der Waals surface area contributed by atoms with Crippen LogP contribution in [0.2, 0.25) is 5.02 Å². The Bertz CT molecular complexity index is 1340. The highest BCUT2D eigenvalue weighted by atomic mass is 35.5. The lowest BCUT2D eigenvalue weighted by Crippen LogP contribution is -2.14. The van der Waals surface area contributed by atoms with Crippen molar-refractivity contribution in [3.8, 4) is 11.8 Å². The minimum Gasteiger partial charge on any atom is -0.377 e.